The Labute approximate surface area is 159 Å². The SMILES string of the molecule is COC(=O)c1sc(NC(=O)CNc2ccc(C)c(F)c2)c(C(=O)OC)c1C. The molecule has 1 aromatic heterocycles. The molecule has 27 heavy (non-hydrogen) atoms. The van der Waals surface area contributed by atoms with E-state index in [0.717, 1.165) is 11.3 Å². The van der Waals surface area contributed by atoms with Crippen LogP contribution in [0.4, 0.5) is 15.1 Å². The lowest BCUT2D eigenvalue weighted by Crippen LogP contribution is -2.22. The van der Waals surface area contributed by atoms with Crippen molar-refractivity contribution in [1.82, 2.24) is 0 Å². The summed E-state index contributed by atoms with van der Waals surface area (Å²) in [5.41, 5.74) is 1.40. The van der Waals surface area contributed by atoms with Crippen molar-refractivity contribution in [3.63, 3.8) is 0 Å². The summed E-state index contributed by atoms with van der Waals surface area (Å²) in [5.74, 6) is -2.15. The summed E-state index contributed by atoms with van der Waals surface area (Å²) in [4.78, 5) is 36.3. The van der Waals surface area contributed by atoms with Crippen molar-refractivity contribution < 1.29 is 28.2 Å². The summed E-state index contributed by atoms with van der Waals surface area (Å²) in [6, 6.07) is 4.53. The molecule has 0 atom stereocenters. The monoisotopic (exact) mass is 394 g/mol. The Kier molecular flexibility index (Phi) is 6.51. The molecule has 0 radical (unpaired) electrons. The zero-order valence-corrected chi connectivity index (χ0v) is 16.1. The zero-order valence-electron chi connectivity index (χ0n) is 15.3. The molecule has 2 rings (SSSR count). The fourth-order valence-electron chi connectivity index (χ4n) is 2.29. The molecule has 0 unspecified atom stereocenters. The maximum Gasteiger partial charge on any atom is 0.348 e. The van der Waals surface area contributed by atoms with Crippen molar-refractivity contribution >= 4 is 39.9 Å². The molecule has 1 heterocycles. The van der Waals surface area contributed by atoms with Crippen molar-refractivity contribution in [3.8, 4) is 0 Å². The maximum atomic E-state index is 13.6. The van der Waals surface area contributed by atoms with Crippen molar-refractivity contribution in [2.24, 2.45) is 0 Å². The number of hydrogen-bond acceptors (Lipinski definition) is 7. The molecule has 2 N–H and O–H groups in total. The summed E-state index contributed by atoms with van der Waals surface area (Å²) in [6.07, 6.45) is 0. The third-order valence-electron chi connectivity index (χ3n) is 3.78. The Morgan fingerprint density at radius 2 is 1.78 bits per heavy atom. The summed E-state index contributed by atoms with van der Waals surface area (Å²) in [5, 5.41) is 5.55. The lowest BCUT2D eigenvalue weighted by Gasteiger charge is -2.09. The van der Waals surface area contributed by atoms with E-state index in [1.165, 1.54) is 20.3 Å². The lowest BCUT2D eigenvalue weighted by molar-refractivity contribution is -0.114. The topological polar surface area (TPSA) is 93.7 Å². The van der Waals surface area contributed by atoms with Gasteiger partial charge in [-0.25, -0.2) is 14.0 Å². The molecule has 2 aromatic rings. The molecular formula is C18H19FN2O5S. The van der Waals surface area contributed by atoms with Gasteiger partial charge in [-0.15, -0.1) is 11.3 Å². The summed E-state index contributed by atoms with van der Waals surface area (Å²) < 4.78 is 23.0. The number of methoxy groups -OCH3 is 2. The third-order valence-corrected chi connectivity index (χ3v) is 4.97. The van der Waals surface area contributed by atoms with Gasteiger partial charge in [-0.05, 0) is 37.1 Å². The number of hydrogen-bond donors (Lipinski definition) is 2. The van der Waals surface area contributed by atoms with E-state index in [2.05, 4.69) is 15.4 Å². The highest BCUT2D eigenvalue weighted by atomic mass is 32.1. The van der Waals surface area contributed by atoms with Gasteiger partial charge in [-0.3, -0.25) is 4.79 Å². The average Bonchev–Trinajstić information content (AvgIpc) is 2.97. The molecule has 0 aliphatic rings. The van der Waals surface area contributed by atoms with Gasteiger partial charge in [0, 0.05) is 5.69 Å². The van der Waals surface area contributed by atoms with Gasteiger partial charge in [-0.1, -0.05) is 6.07 Å². The molecule has 0 spiro atoms. The van der Waals surface area contributed by atoms with Gasteiger partial charge in [-0.2, -0.15) is 0 Å². The van der Waals surface area contributed by atoms with Crippen LogP contribution in [0.15, 0.2) is 18.2 Å². The number of carbonyl (C=O) groups excluding carboxylic acids is 3. The number of nitrogens with one attached hydrogen (secondary N) is 2. The van der Waals surface area contributed by atoms with E-state index in [4.69, 9.17) is 4.74 Å². The van der Waals surface area contributed by atoms with Crippen LogP contribution in [-0.4, -0.2) is 38.6 Å². The minimum absolute atomic E-state index is 0.0950. The fraction of sp³-hybridized carbons (Fsp3) is 0.278. The largest absolute Gasteiger partial charge is 0.465 e. The van der Waals surface area contributed by atoms with E-state index in [1.54, 1.807) is 26.0 Å². The molecule has 144 valence electrons. The standard InChI is InChI=1S/C18H19FN2O5S/c1-9-5-6-11(7-12(9)19)20-8-13(22)21-16-14(17(23)25-3)10(2)15(27-16)18(24)26-4/h5-7,20H,8H2,1-4H3,(H,21,22). The number of ether oxygens (including phenoxy) is 2. The van der Waals surface area contributed by atoms with Gasteiger partial charge in [0.15, 0.2) is 0 Å². The van der Waals surface area contributed by atoms with Crippen LogP contribution >= 0.6 is 11.3 Å². The number of anilines is 2. The lowest BCUT2D eigenvalue weighted by atomic mass is 10.1. The zero-order chi connectivity index (χ0) is 20.1. The minimum Gasteiger partial charge on any atom is -0.465 e. The van der Waals surface area contributed by atoms with E-state index in [-0.39, 0.29) is 27.8 Å². The van der Waals surface area contributed by atoms with Gasteiger partial charge in [0.2, 0.25) is 5.91 Å². The Bertz CT molecular complexity index is 894. The summed E-state index contributed by atoms with van der Waals surface area (Å²) in [7, 11) is 2.43. The number of rotatable bonds is 6. The van der Waals surface area contributed by atoms with Gasteiger partial charge in [0.05, 0.1) is 26.3 Å². The van der Waals surface area contributed by atoms with Crippen LogP contribution < -0.4 is 10.6 Å². The van der Waals surface area contributed by atoms with Crippen LogP contribution in [0.2, 0.25) is 0 Å². The smallest absolute Gasteiger partial charge is 0.348 e. The molecule has 7 nitrogen and oxygen atoms in total. The number of benzene rings is 1. The highest BCUT2D eigenvalue weighted by molar-refractivity contribution is 7.18. The van der Waals surface area contributed by atoms with Gasteiger partial charge < -0.3 is 20.1 Å². The van der Waals surface area contributed by atoms with Crippen LogP contribution in [0.3, 0.4) is 0 Å². The van der Waals surface area contributed by atoms with E-state index in [1.807, 2.05) is 0 Å². The number of carbonyl (C=O) groups is 3. The predicted octanol–water partition coefficient (Wildman–Crippen LogP) is 3.13. The first-order valence-electron chi connectivity index (χ1n) is 7.88. The second-order valence-electron chi connectivity index (χ2n) is 5.61. The first kappa shape index (κ1) is 20.4. The molecule has 0 saturated carbocycles. The maximum absolute atomic E-state index is 13.6. The normalized spacial score (nSPS) is 10.3. The Morgan fingerprint density at radius 1 is 1.11 bits per heavy atom. The van der Waals surface area contributed by atoms with Crippen LogP contribution in [0.5, 0.6) is 0 Å². The first-order valence-corrected chi connectivity index (χ1v) is 8.70. The molecular weight excluding hydrogens is 375 g/mol. The number of thiophene rings is 1. The molecule has 1 aromatic carbocycles. The number of esters is 2. The molecule has 9 heteroatoms. The Hall–Kier alpha value is -2.94. The number of halogens is 1. The summed E-state index contributed by atoms with van der Waals surface area (Å²) >= 11 is 0.922. The molecule has 0 aliphatic carbocycles. The van der Waals surface area contributed by atoms with Crippen molar-refractivity contribution in [1.29, 1.82) is 0 Å². The molecule has 0 aliphatic heterocycles. The summed E-state index contributed by atoms with van der Waals surface area (Å²) in [6.45, 7) is 3.05. The molecule has 0 saturated heterocycles. The van der Waals surface area contributed by atoms with Crippen molar-refractivity contribution in [2.45, 2.75) is 13.8 Å². The average molecular weight is 394 g/mol. The van der Waals surface area contributed by atoms with Gasteiger partial charge >= 0.3 is 11.9 Å². The second-order valence-corrected chi connectivity index (χ2v) is 6.63. The Morgan fingerprint density at radius 3 is 2.37 bits per heavy atom. The van der Waals surface area contributed by atoms with Crippen LogP contribution in [0, 0.1) is 19.7 Å². The fourth-order valence-corrected chi connectivity index (χ4v) is 3.42. The van der Waals surface area contributed by atoms with Crippen molar-refractivity contribution in [3.05, 3.63) is 45.6 Å². The van der Waals surface area contributed by atoms with E-state index in [9.17, 15) is 18.8 Å². The highest BCUT2D eigenvalue weighted by Gasteiger charge is 2.26. The first-order chi connectivity index (χ1) is 12.8. The number of amides is 1. The minimum atomic E-state index is -0.678. The molecule has 0 bridgehead atoms. The third kappa shape index (κ3) is 4.62. The van der Waals surface area contributed by atoms with E-state index < -0.39 is 17.8 Å². The van der Waals surface area contributed by atoms with Crippen LogP contribution in [0.25, 0.3) is 0 Å². The highest BCUT2D eigenvalue weighted by Crippen LogP contribution is 2.34. The predicted molar refractivity (Wildman–Crippen MR) is 100.0 cm³/mol. The molecule has 1 amide bonds. The van der Waals surface area contributed by atoms with E-state index >= 15 is 0 Å². The quantitative estimate of drug-likeness (QED) is 0.731. The van der Waals surface area contributed by atoms with Crippen LogP contribution in [-0.2, 0) is 14.3 Å². The molecule has 0 fully saturated rings. The second kappa shape index (κ2) is 8.63. The van der Waals surface area contributed by atoms with Gasteiger partial charge in [0.1, 0.15) is 15.7 Å². The number of aryl methyl sites for hydroxylation is 1. The Balaban J connectivity index is 2.17. The van der Waals surface area contributed by atoms with E-state index in [0.29, 0.717) is 16.8 Å². The van der Waals surface area contributed by atoms with Crippen molar-refractivity contribution in [2.75, 3.05) is 31.4 Å². The van der Waals surface area contributed by atoms with Crippen LogP contribution in [0.1, 0.15) is 31.2 Å². The van der Waals surface area contributed by atoms with Gasteiger partial charge in [0.25, 0.3) is 0 Å².